The molecule has 1 fully saturated rings. The molecule has 4 N–H and O–H groups in total. The van der Waals surface area contributed by atoms with Crippen LogP contribution in [-0.4, -0.2) is 31.4 Å². The Balaban J connectivity index is 1.47. The summed E-state index contributed by atoms with van der Waals surface area (Å²) in [5.74, 6) is 2.86. The summed E-state index contributed by atoms with van der Waals surface area (Å²) in [6.07, 6.45) is 8.78. The van der Waals surface area contributed by atoms with E-state index in [-0.39, 0.29) is 6.10 Å². The zero-order valence-corrected chi connectivity index (χ0v) is 18.4. The first-order valence-corrected chi connectivity index (χ1v) is 10.9. The molecule has 2 aliphatic carbocycles. The number of hydrogen-bond acceptors (Lipinski definition) is 6. The minimum absolute atomic E-state index is 0.113. The summed E-state index contributed by atoms with van der Waals surface area (Å²) in [6.45, 7) is 6.30. The first-order valence-electron chi connectivity index (χ1n) is 10.5. The number of H-pyrrole nitrogens is 1. The molecule has 2 aliphatic rings. The molecule has 0 bridgehead atoms. The number of aryl methyl sites for hydroxylation is 1. The van der Waals surface area contributed by atoms with Crippen LogP contribution in [-0.2, 0) is 0 Å². The molecule has 2 aromatic heterocycles. The van der Waals surface area contributed by atoms with E-state index in [4.69, 9.17) is 11.6 Å². The SMILES string of the molecule is CC1=CC(Nc2ncc(Cl)c(Nc3cc(C)[nH]n3)n2)=C(C)CC1[C@H]1CC[C@H](O)CC1. The smallest absolute Gasteiger partial charge is 0.229 e. The van der Waals surface area contributed by atoms with E-state index in [1.807, 2.05) is 13.0 Å². The van der Waals surface area contributed by atoms with E-state index >= 15 is 0 Å². The van der Waals surface area contributed by atoms with Crippen LogP contribution in [0, 0.1) is 18.8 Å². The van der Waals surface area contributed by atoms with Gasteiger partial charge in [-0.3, -0.25) is 5.10 Å². The molecule has 1 atom stereocenters. The third-order valence-corrected chi connectivity index (χ3v) is 6.47. The predicted molar refractivity (Wildman–Crippen MR) is 120 cm³/mol. The van der Waals surface area contributed by atoms with Crippen LogP contribution >= 0.6 is 11.6 Å². The lowest BCUT2D eigenvalue weighted by Gasteiger charge is -2.35. The van der Waals surface area contributed by atoms with Gasteiger partial charge in [-0.15, -0.1) is 0 Å². The number of halogens is 1. The molecule has 1 unspecified atom stereocenters. The van der Waals surface area contributed by atoms with Gasteiger partial charge in [0.25, 0.3) is 0 Å². The van der Waals surface area contributed by atoms with Crippen LogP contribution in [0.2, 0.25) is 5.02 Å². The Morgan fingerprint density at radius 1 is 1.13 bits per heavy atom. The van der Waals surface area contributed by atoms with E-state index in [0.717, 1.165) is 43.5 Å². The number of hydrogen-bond donors (Lipinski definition) is 4. The zero-order valence-electron chi connectivity index (χ0n) is 17.7. The van der Waals surface area contributed by atoms with Crippen molar-refractivity contribution < 1.29 is 5.11 Å². The molecule has 30 heavy (non-hydrogen) atoms. The number of nitrogens with one attached hydrogen (secondary N) is 3. The molecule has 0 spiro atoms. The van der Waals surface area contributed by atoms with Crippen LogP contribution in [0.1, 0.15) is 51.6 Å². The average Bonchev–Trinajstić information content (AvgIpc) is 3.12. The van der Waals surface area contributed by atoms with Gasteiger partial charge in [-0.2, -0.15) is 10.1 Å². The quantitative estimate of drug-likeness (QED) is 0.528. The van der Waals surface area contributed by atoms with Crippen molar-refractivity contribution in [2.75, 3.05) is 10.6 Å². The molecule has 0 saturated heterocycles. The van der Waals surface area contributed by atoms with Gasteiger partial charge in [0.1, 0.15) is 5.02 Å². The fraction of sp³-hybridized carbons (Fsp3) is 0.500. The van der Waals surface area contributed by atoms with Gasteiger partial charge in [-0.1, -0.05) is 17.2 Å². The maximum Gasteiger partial charge on any atom is 0.229 e. The second kappa shape index (κ2) is 8.78. The largest absolute Gasteiger partial charge is 0.393 e. The minimum atomic E-state index is -0.113. The Kier molecular flexibility index (Phi) is 6.11. The van der Waals surface area contributed by atoms with Gasteiger partial charge in [-0.25, -0.2) is 4.98 Å². The molecule has 0 aliphatic heterocycles. The highest BCUT2D eigenvalue weighted by molar-refractivity contribution is 6.32. The Morgan fingerprint density at radius 2 is 1.90 bits per heavy atom. The van der Waals surface area contributed by atoms with E-state index in [2.05, 4.69) is 50.7 Å². The van der Waals surface area contributed by atoms with Gasteiger partial charge in [0.2, 0.25) is 5.95 Å². The maximum absolute atomic E-state index is 9.82. The first kappa shape index (κ1) is 20.9. The molecule has 2 aromatic rings. The Labute approximate surface area is 182 Å². The standard InChI is InChI=1S/C22H29ClN6O/c1-12-9-19(13(2)8-17(12)15-4-6-16(30)7-5-15)25-22-24-11-18(23)21(27-22)26-20-10-14(3)28-29-20/h9-11,15-17,30H,4-8H2,1-3H3,(H3,24,25,26,27,28,29)/t15-,16-,17?. The molecule has 160 valence electrons. The van der Waals surface area contributed by atoms with Crippen LogP contribution in [0.15, 0.2) is 35.2 Å². The predicted octanol–water partition coefficient (Wildman–Crippen LogP) is 5.11. The van der Waals surface area contributed by atoms with Gasteiger partial charge >= 0.3 is 0 Å². The van der Waals surface area contributed by atoms with Crippen molar-refractivity contribution in [3.05, 3.63) is 45.9 Å². The van der Waals surface area contributed by atoms with Crippen LogP contribution in [0.4, 0.5) is 17.6 Å². The van der Waals surface area contributed by atoms with Crippen molar-refractivity contribution in [3.63, 3.8) is 0 Å². The van der Waals surface area contributed by atoms with Crippen molar-refractivity contribution in [1.82, 2.24) is 20.2 Å². The van der Waals surface area contributed by atoms with Crippen molar-refractivity contribution in [2.45, 2.75) is 59.0 Å². The number of aromatic nitrogens is 4. The first-order chi connectivity index (χ1) is 14.4. The molecular formula is C22H29ClN6O. The Hall–Kier alpha value is -2.38. The molecule has 2 heterocycles. The number of allylic oxidation sites excluding steroid dienone is 3. The molecular weight excluding hydrogens is 400 g/mol. The normalized spacial score (nSPS) is 24.6. The molecule has 4 rings (SSSR count). The summed E-state index contributed by atoms with van der Waals surface area (Å²) in [6, 6.07) is 1.88. The maximum atomic E-state index is 9.82. The highest BCUT2D eigenvalue weighted by atomic mass is 35.5. The molecule has 0 amide bonds. The van der Waals surface area contributed by atoms with Gasteiger partial charge in [0.15, 0.2) is 11.6 Å². The summed E-state index contributed by atoms with van der Waals surface area (Å²) in [5.41, 5.74) is 4.67. The average molecular weight is 429 g/mol. The Bertz CT molecular complexity index is 974. The van der Waals surface area contributed by atoms with E-state index in [9.17, 15) is 5.11 Å². The number of rotatable bonds is 5. The van der Waals surface area contributed by atoms with Gasteiger partial charge in [0, 0.05) is 17.5 Å². The lowest BCUT2D eigenvalue weighted by molar-refractivity contribution is 0.0958. The van der Waals surface area contributed by atoms with E-state index in [1.54, 1.807) is 6.20 Å². The molecule has 0 radical (unpaired) electrons. The number of aromatic amines is 1. The van der Waals surface area contributed by atoms with Crippen molar-refractivity contribution >= 4 is 29.2 Å². The second-order valence-corrected chi connectivity index (χ2v) is 8.95. The Morgan fingerprint density at radius 3 is 2.60 bits per heavy atom. The van der Waals surface area contributed by atoms with Crippen LogP contribution in [0.25, 0.3) is 0 Å². The molecule has 8 heteroatoms. The van der Waals surface area contributed by atoms with Gasteiger partial charge in [0.05, 0.1) is 12.3 Å². The van der Waals surface area contributed by atoms with E-state index in [0.29, 0.717) is 34.4 Å². The third kappa shape index (κ3) is 4.68. The second-order valence-electron chi connectivity index (χ2n) is 8.54. The number of anilines is 3. The fourth-order valence-electron chi connectivity index (χ4n) is 4.48. The highest BCUT2D eigenvalue weighted by Crippen LogP contribution is 2.40. The highest BCUT2D eigenvalue weighted by Gasteiger charge is 2.30. The molecule has 7 nitrogen and oxygen atoms in total. The van der Waals surface area contributed by atoms with Crippen molar-refractivity contribution in [2.24, 2.45) is 11.8 Å². The zero-order chi connectivity index (χ0) is 21.3. The lowest BCUT2D eigenvalue weighted by Crippen LogP contribution is -2.27. The fourth-order valence-corrected chi connectivity index (χ4v) is 4.62. The minimum Gasteiger partial charge on any atom is -0.393 e. The van der Waals surface area contributed by atoms with Crippen LogP contribution < -0.4 is 10.6 Å². The van der Waals surface area contributed by atoms with Gasteiger partial charge < -0.3 is 15.7 Å². The molecule has 0 aromatic carbocycles. The topological polar surface area (TPSA) is 98.8 Å². The summed E-state index contributed by atoms with van der Waals surface area (Å²) in [4.78, 5) is 8.88. The third-order valence-electron chi connectivity index (χ3n) is 6.20. The molecule has 1 saturated carbocycles. The number of aliphatic hydroxyl groups is 1. The summed E-state index contributed by atoms with van der Waals surface area (Å²) in [5, 5.41) is 23.8. The van der Waals surface area contributed by atoms with Crippen molar-refractivity contribution in [3.8, 4) is 0 Å². The van der Waals surface area contributed by atoms with E-state index in [1.165, 1.54) is 11.1 Å². The summed E-state index contributed by atoms with van der Waals surface area (Å²) >= 11 is 6.27. The van der Waals surface area contributed by atoms with Gasteiger partial charge in [-0.05, 0) is 76.4 Å². The summed E-state index contributed by atoms with van der Waals surface area (Å²) < 4.78 is 0. The van der Waals surface area contributed by atoms with E-state index < -0.39 is 0 Å². The van der Waals surface area contributed by atoms with Crippen LogP contribution in [0.5, 0.6) is 0 Å². The monoisotopic (exact) mass is 428 g/mol. The van der Waals surface area contributed by atoms with Crippen LogP contribution in [0.3, 0.4) is 0 Å². The lowest BCUT2D eigenvalue weighted by atomic mass is 9.72. The van der Waals surface area contributed by atoms with Crippen molar-refractivity contribution in [1.29, 1.82) is 0 Å². The number of aliphatic hydroxyl groups excluding tert-OH is 1. The number of nitrogens with zero attached hydrogens (tertiary/aromatic N) is 3. The summed E-state index contributed by atoms with van der Waals surface area (Å²) in [7, 11) is 0.